The summed E-state index contributed by atoms with van der Waals surface area (Å²) in [5.74, 6) is -0.885. The zero-order valence-electron chi connectivity index (χ0n) is 16.1. The van der Waals surface area contributed by atoms with Gasteiger partial charge in [0.05, 0.1) is 4.92 Å². The molecule has 0 saturated heterocycles. The average molecular weight is 402 g/mol. The molecular weight excluding hydrogens is 384 g/mol. The molecule has 8 nitrogen and oxygen atoms in total. The van der Waals surface area contributed by atoms with Crippen LogP contribution in [-0.2, 0) is 6.54 Å². The van der Waals surface area contributed by atoms with Crippen LogP contribution in [-0.4, -0.2) is 24.6 Å². The Morgan fingerprint density at radius 3 is 2.60 bits per heavy atom. The standard InChI is InChI=1S/C22H18N4O4/c1-14-6-8-15(9-7-14)12-25-13-16(17-4-2-3-5-18(17)25)10-11-19-23-21(27)20(26(29)30)22(28)24-19/h2-11,13H,12H2,1H3,(H2,23,24,27,28)/b11-10+. The molecule has 0 amide bonds. The van der Waals surface area contributed by atoms with Crippen LogP contribution in [0.4, 0.5) is 5.69 Å². The molecule has 2 heterocycles. The number of nitrogens with zero attached hydrogens (tertiary/aromatic N) is 3. The minimum absolute atomic E-state index is 0.0264. The van der Waals surface area contributed by atoms with Crippen molar-refractivity contribution in [1.29, 1.82) is 0 Å². The van der Waals surface area contributed by atoms with Crippen molar-refractivity contribution in [2.45, 2.75) is 13.5 Å². The first-order chi connectivity index (χ1) is 14.4. The van der Waals surface area contributed by atoms with Crippen LogP contribution in [0.3, 0.4) is 0 Å². The molecule has 0 saturated carbocycles. The maximum Gasteiger partial charge on any atom is 0.395 e. The first-order valence-corrected chi connectivity index (χ1v) is 9.21. The SMILES string of the molecule is Cc1ccc(Cn2cc(/C=C/c3nc(O)c([N+](=O)[O-])c(=O)[nH]3)c3ccccc32)cc1. The van der Waals surface area contributed by atoms with Crippen molar-refractivity contribution in [3.63, 3.8) is 0 Å². The molecule has 2 aromatic carbocycles. The zero-order valence-corrected chi connectivity index (χ0v) is 16.1. The molecule has 150 valence electrons. The highest BCUT2D eigenvalue weighted by Gasteiger charge is 2.21. The fraction of sp³-hybridized carbons (Fsp3) is 0.0909. The summed E-state index contributed by atoms with van der Waals surface area (Å²) in [6, 6.07) is 16.3. The molecule has 0 aliphatic heterocycles. The van der Waals surface area contributed by atoms with Gasteiger partial charge in [0.2, 0.25) is 0 Å². The Hall–Kier alpha value is -4.20. The van der Waals surface area contributed by atoms with Crippen LogP contribution in [0, 0.1) is 17.0 Å². The number of para-hydroxylation sites is 1. The van der Waals surface area contributed by atoms with Gasteiger partial charge in [-0.15, -0.1) is 0 Å². The number of fused-ring (bicyclic) bond motifs is 1. The Bertz CT molecular complexity index is 1330. The second-order valence-electron chi connectivity index (χ2n) is 6.93. The molecule has 0 atom stereocenters. The maximum absolute atomic E-state index is 11.8. The van der Waals surface area contributed by atoms with E-state index in [1.807, 2.05) is 37.4 Å². The number of hydrogen-bond donors (Lipinski definition) is 2. The Kier molecular flexibility index (Phi) is 4.89. The lowest BCUT2D eigenvalue weighted by Crippen LogP contribution is -2.14. The normalized spacial score (nSPS) is 11.4. The largest absolute Gasteiger partial charge is 0.488 e. The van der Waals surface area contributed by atoms with Gasteiger partial charge in [-0.05, 0) is 30.7 Å². The summed E-state index contributed by atoms with van der Waals surface area (Å²) >= 11 is 0. The third kappa shape index (κ3) is 3.70. The van der Waals surface area contributed by atoms with E-state index in [-0.39, 0.29) is 5.82 Å². The molecule has 2 N–H and O–H groups in total. The van der Waals surface area contributed by atoms with E-state index < -0.39 is 22.0 Å². The number of aryl methyl sites for hydroxylation is 1. The molecule has 0 unspecified atom stereocenters. The minimum atomic E-state index is -1.01. The predicted molar refractivity (Wildman–Crippen MR) is 114 cm³/mol. The zero-order chi connectivity index (χ0) is 21.3. The number of rotatable bonds is 5. The summed E-state index contributed by atoms with van der Waals surface area (Å²) in [5.41, 5.74) is 2.33. The van der Waals surface area contributed by atoms with E-state index in [0.29, 0.717) is 6.54 Å². The lowest BCUT2D eigenvalue weighted by molar-refractivity contribution is -0.387. The van der Waals surface area contributed by atoms with E-state index in [2.05, 4.69) is 38.8 Å². The monoisotopic (exact) mass is 402 g/mol. The summed E-state index contributed by atoms with van der Waals surface area (Å²) in [5, 5.41) is 21.5. The lowest BCUT2D eigenvalue weighted by Gasteiger charge is -2.06. The number of nitro groups is 1. The van der Waals surface area contributed by atoms with Crippen LogP contribution in [0.1, 0.15) is 22.5 Å². The number of H-pyrrole nitrogens is 1. The van der Waals surface area contributed by atoms with Gasteiger partial charge in [-0.2, -0.15) is 4.98 Å². The first-order valence-electron chi connectivity index (χ1n) is 9.21. The fourth-order valence-electron chi connectivity index (χ4n) is 3.31. The van der Waals surface area contributed by atoms with E-state index in [0.717, 1.165) is 16.5 Å². The highest BCUT2D eigenvalue weighted by Crippen LogP contribution is 2.24. The van der Waals surface area contributed by atoms with Gasteiger partial charge in [-0.3, -0.25) is 14.9 Å². The number of benzene rings is 2. The van der Waals surface area contributed by atoms with Crippen molar-refractivity contribution in [3.05, 3.63) is 97.7 Å². The topological polar surface area (TPSA) is 114 Å². The maximum atomic E-state index is 11.8. The molecule has 0 spiro atoms. The number of aromatic amines is 1. The van der Waals surface area contributed by atoms with Crippen molar-refractivity contribution < 1.29 is 10.0 Å². The van der Waals surface area contributed by atoms with Gasteiger partial charge < -0.3 is 14.7 Å². The van der Waals surface area contributed by atoms with Crippen LogP contribution >= 0.6 is 0 Å². The summed E-state index contributed by atoms with van der Waals surface area (Å²) in [6.45, 7) is 2.74. The van der Waals surface area contributed by atoms with Gasteiger partial charge in [-0.25, -0.2) is 0 Å². The van der Waals surface area contributed by atoms with Gasteiger partial charge in [0.15, 0.2) is 0 Å². The van der Waals surface area contributed by atoms with Gasteiger partial charge >= 0.3 is 11.2 Å². The minimum Gasteiger partial charge on any atom is -0.488 e. The molecule has 0 aliphatic rings. The van der Waals surface area contributed by atoms with Gasteiger partial charge in [-0.1, -0.05) is 48.0 Å². The van der Waals surface area contributed by atoms with Crippen LogP contribution < -0.4 is 5.56 Å². The lowest BCUT2D eigenvalue weighted by atomic mass is 10.1. The quantitative estimate of drug-likeness (QED) is 0.389. The molecule has 4 aromatic rings. The van der Waals surface area contributed by atoms with Crippen LogP contribution in [0.5, 0.6) is 5.88 Å². The van der Waals surface area contributed by atoms with Gasteiger partial charge in [0.25, 0.3) is 5.88 Å². The highest BCUT2D eigenvalue weighted by atomic mass is 16.6. The second kappa shape index (κ2) is 7.67. The molecule has 0 aliphatic carbocycles. The van der Waals surface area contributed by atoms with E-state index >= 15 is 0 Å². The average Bonchev–Trinajstić information content (AvgIpc) is 3.05. The Morgan fingerprint density at radius 2 is 1.90 bits per heavy atom. The van der Waals surface area contributed by atoms with Crippen LogP contribution in [0.2, 0.25) is 0 Å². The summed E-state index contributed by atoms with van der Waals surface area (Å²) in [7, 11) is 0. The van der Waals surface area contributed by atoms with Gasteiger partial charge in [0, 0.05) is 29.2 Å². The van der Waals surface area contributed by atoms with E-state index in [1.165, 1.54) is 17.2 Å². The fourth-order valence-corrected chi connectivity index (χ4v) is 3.31. The first kappa shape index (κ1) is 19.1. The van der Waals surface area contributed by atoms with Gasteiger partial charge in [0.1, 0.15) is 5.82 Å². The summed E-state index contributed by atoms with van der Waals surface area (Å²) in [4.78, 5) is 27.7. The molecule has 0 radical (unpaired) electrons. The Labute approximate surface area is 170 Å². The van der Waals surface area contributed by atoms with Crippen LogP contribution in [0.15, 0.2) is 59.5 Å². The Balaban J connectivity index is 1.70. The summed E-state index contributed by atoms with van der Waals surface area (Å²) in [6.07, 6.45) is 5.24. The van der Waals surface area contributed by atoms with E-state index in [1.54, 1.807) is 6.08 Å². The second-order valence-corrected chi connectivity index (χ2v) is 6.93. The highest BCUT2D eigenvalue weighted by molar-refractivity contribution is 5.91. The van der Waals surface area contributed by atoms with E-state index in [9.17, 15) is 20.0 Å². The van der Waals surface area contributed by atoms with Crippen molar-refractivity contribution in [2.24, 2.45) is 0 Å². The summed E-state index contributed by atoms with van der Waals surface area (Å²) < 4.78 is 2.13. The molecule has 0 bridgehead atoms. The number of aromatic nitrogens is 3. The van der Waals surface area contributed by atoms with Crippen LogP contribution in [0.25, 0.3) is 23.1 Å². The third-order valence-electron chi connectivity index (χ3n) is 4.79. The smallest absolute Gasteiger partial charge is 0.395 e. The van der Waals surface area contributed by atoms with E-state index in [4.69, 9.17) is 0 Å². The molecule has 8 heteroatoms. The molecule has 30 heavy (non-hydrogen) atoms. The Morgan fingerprint density at radius 1 is 1.17 bits per heavy atom. The molecule has 0 fully saturated rings. The molecule has 4 rings (SSSR count). The third-order valence-corrected chi connectivity index (χ3v) is 4.79. The van der Waals surface area contributed by atoms with Crippen molar-refractivity contribution in [3.8, 4) is 5.88 Å². The molecule has 2 aromatic heterocycles. The number of aromatic hydroxyl groups is 1. The van der Waals surface area contributed by atoms with Crippen molar-refractivity contribution >= 4 is 28.7 Å². The number of hydrogen-bond acceptors (Lipinski definition) is 5. The predicted octanol–water partition coefficient (Wildman–Crippen LogP) is 3.87. The van der Waals surface area contributed by atoms with Crippen molar-refractivity contribution in [1.82, 2.24) is 14.5 Å². The number of nitrogens with one attached hydrogen (secondary N) is 1. The molecular formula is C22H18N4O4. The van der Waals surface area contributed by atoms with Crippen molar-refractivity contribution in [2.75, 3.05) is 0 Å².